The van der Waals surface area contributed by atoms with Crippen LogP contribution >= 0.6 is 11.6 Å². The van der Waals surface area contributed by atoms with E-state index in [0.29, 0.717) is 10.7 Å². The summed E-state index contributed by atoms with van der Waals surface area (Å²) >= 11 is 5.81. The minimum absolute atomic E-state index is 0.170. The number of carbonyl (C=O) groups excluding carboxylic acids is 3. The molecule has 0 fully saturated rings. The molecule has 2 aromatic rings. The van der Waals surface area contributed by atoms with Crippen molar-refractivity contribution in [3.63, 3.8) is 0 Å². The van der Waals surface area contributed by atoms with Gasteiger partial charge in [0, 0.05) is 10.7 Å². The van der Waals surface area contributed by atoms with Crippen LogP contribution in [-0.2, 0) is 25.5 Å². The van der Waals surface area contributed by atoms with Gasteiger partial charge in [-0.05, 0) is 23.8 Å². The molecule has 0 bridgehead atoms. The number of halogens is 1. The fourth-order valence-corrected chi connectivity index (χ4v) is 2.17. The van der Waals surface area contributed by atoms with Crippen LogP contribution in [0.2, 0.25) is 5.02 Å². The molecule has 7 heteroatoms. The van der Waals surface area contributed by atoms with E-state index in [9.17, 15) is 14.4 Å². The summed E-state index contributed by atoms with van der Waals surface area (Å²) < 4.78 is 4.81. The van der Waals surface area contributed by atoms with Gasteiger partial charge in [0.05, 0.1) is 6.42 Å². The van der Waals surface area contributed by atoms with Gasteiger partial charge in [-0.2, -0.15) is 0 Å². The smallest absolute Gasteiger partial charge is 0.325 e. The Morgan fingerprint density at radius 3 is 2.44 bits per heavy atom. The third kappa shape index (κ3) is 7.05. The first-order chi connectivity index (χ1) is 12.0. The SMILES string of the molecule is O=C(Cc1ccccc1)NCC(=O)OCC(=O)Nc1cccc(Cl)c1. The van der Waals surface area contributed by atoms with Gasteiger partial charge in [-0.3, -0.25) is 14.4 Å². The first kappa shape index (κ1) is 18.5. The Labute approximate surface area is 150 Å². The molecular formula is C18H17ClN2O4. The lowest BCUT2D eigenvalue weighted by Crippen LogP contribution is -2.33. The van der Waals surface area contributed by atoms with Crippen LogP contribution in [0.3, 0.4) is 0 Å². The van der Waals surface area contributed by atoms with E-state index in [-0.39, 0.29) is 18.9 Å². The molecule has 130 valence electrons. The molecule has 6 nitrogen and oxygen atoms in total. The van der Waals surface area contributed by atoms with Crippen LogP contribution in [0, 0.1) is 0 Å². The van der Waals surface area contributed by atoms with Crippen molar-refractivity contribution in [3.8, 4) is 0 Å². The fourth-order valence-electron chi connectivity index (χ4n) is 1.97. The monoisotopic (exact) mass is 360 g/mol. The third-order valence-electron chi connectivity index (χ3n) is 3.11. The molecule has 0 radical (unpaired) electrons. The quantitative estimate of drug-likeness (QED) is 0.741. The molecule has 0 aromatic heterocycles. The Balaban J connectivity index is 1.66. The molecule has 0 heterocycles. The zero-order valence-electron chi connectivity index (χ0n) is 13.3. The fraction of sp³-hybridized carbons (Fsp3) is 0.167. The van der Waals surface area contributed by atoms with Crippen molar-refractivity contribution in [3.05, 3.63) is 65.2 Å². The van der Waals surface area contributed by atoms with E-state index >= 15 is 0 Å². The second-order valence-electron chi connectivity index (χ2n) is 5.16. The highest BCUT2D eigenvalue weighted by Crippen LogP contribution is 2.14. The number of rotatable bonds is 7. The van der Waals surface area contributed by atoms with Crippen molar-refractivity contribution in [1.82, 2.24) is 5.32 Å². The van der Waals surface area contributed by atoms with Crippen LogP contribution < -0.4 is 10.6 Å². The van der Waals surface area contributed by atoms with Crippen molar-refractivity contribution in [1.29, 1.82) is 0 Å². The lowest BCUT2D eigenvalue weighted by molar-refractivity contribution is -0.147. The average molecular weight is 361 g/mol. The van der Waals surface area contributed by atoms with Crippen LogP contribution in [0.1, 0.15) is 5.56 Å². The summed E-state index contributed by atoms with van der Waals surface area (Å²) in [6.07, 6.45) is 0.170. The number of nitrogens with one attached hydrogen (secondary N) is 2. The van der Waals surface area contributed by atoms with Crippen LogP contribution in [0.25, 0.3) is 0 Å². The Kier molecular flexibility index (Phi) is 6.98. The minimum atomic E-state index is -0.692. The molecule has 0 saturated carbocycles. The van der Waals surface area contributed by atoms with Gasteiger partial charge >= 0.3 is 5.97 Å². The second kappa shape index (κ2) is 9.44. The highest BCUT2D eigenvalue weighted by molar-refractivity contribution is 6.30. The molecule has 2 aromatic carbocycles. The van der Waals surface area contributed by atoms with Gasteiger partial charge in [0.2, 0.25) is 5.91 Å². The Hall–Kier alpha value is -2.86. The summed E-state index contributed by atoms with van der Waals surface area (Å²) in [5.74, 6) is -1.49. The van der Waals surface area contributed by atoms with Gasteiger partial charge in [0.25, 0.3) is 5.91 Å². The van der Waals surface area contributed by atoms with Crippen molar-refractivity contribution in [2.24, 2.45) is 0 Å². The molecule has 0 unspecified atom stereocenters. The largest absolute Gasteiger partial charge is 0.454 e. The maximum Gasteiger partial charge on any atom is 0.325 e. The summed E-state index contributed by atoms with van der Waals surface area (Å²) in [4.78, 5) is 35.0. The lowest BCUT2D eigenvalue weighted by atomic mass is 10.1. The highest BCUT2D eigenvalue weighted by Gasteiger charge is 2.10. The Morgan fingerprint density at radius 2 is 1.72 bits per heavy atom. The van der Waals surface area contributed by atoms with Gasteiger partial charge in [-0.1, -0.05) is 48.0 Å². The summed E-state index contributed by atoms with van der Waals surface area (Å²) in [6, 6.07) is 15.7. The van der Waals surface area contributed by atoms with Crippen LogP contribution in [0.4, 0.5) is 5.69 Å². The topological polar surface area (TPSA) is 84.5 Å². The van der Waals surface area contributed by atoms with Crippen molar-refractivity contribution < 1.29 is 19.1 Å². The van der Waals surface area contributed by atoms with E-state index < -0.39 is 18.5 Å². The molecular weight excluding hydrogens is 344 g/mol. The number of ether oxygens (including phenoxy) is 1. The van der Waals surface area contributed by atoms with Gasteiger partial charge in [0.15, 0.2) is 6.61 Å². The maximum absolute atomic E-state index is 11.7. The predicted molar refractivity (Wildman–Crippen MR) is 94.2 cm³/mol. The number of esters is 1. The van der Waals surface area contributed by atoms with E-state index in [0.717, 1.165) is 5.56 Å². The van der Waals surface area contributed by atoms with Crippen molar-refractivity contribution in [2.75, 3.05) is 18.5 Å². The number of amides is 2. The Bertz CT molecular complexity index is 750. The van der Waals surface area contributed by atoms with Crippen LogP contribution in [-0.4, -0.2) is 30.9 Å². The normalized spacial score (nSPS) is 9.96. The van der Waals surface area contributed by atoms with E-state index in [2.05, 4.69) is 10.6 Å². The second-order valence-corrected chi connectivity index (χ2v) is 5.59. The van der Waals surface area contributed by atoms with Gasteiger partial charge in [-0.25, -0.2) is 0 Å². The molecule has 0 saturated heterocycles. The third-order valence-corrected chi connectivity index (χ3v) is 3.35. The van der Waals surface area contributed by atoms with Crippen LogP contribution in [0.15, 0.2) is 54.6 Å². The summed E-state index contributed by atoms with van der Waals surface area (Å²) in [6.45, 7) is -0.740. The standard InChI is InChI=1S/C18H17ClN2O4/c19-14-7-4-8-15(10-14)21-17(23)12-25-18(24)11-20-16(22)9-13-5-2-1-3-6-13/h1-8,10H,9,11-12H2,(H,20,22)(H,21,23). The maximum atomic E-state index is 11.7. The molecule has 0 atom stereocenters. The summed E-state index contributed by atoms with van der Waals surface area (Å²) in [7, 11) is 0. The number of carbonyl (C=O) groups is 3. The van der Waals surface area contributed by atoms with Gasteiger partial charge < -0.3 is 15.4 Å². The summed E-state index contributed by atoms with van der Waals surface area (Å²) in [5, 5.41) is 5.48. The lowest BCUT2D eigenvalue weighted by Gasteiger charge is -2.08. The zero-order valence-corrected chi connectivity index (χ0v) is 14.1. The number of benzene rings is 2. The molecule has 0 aliphatic carbocycles. The Morgan fingerprint density at radius 1 is 0.960 bits per heavy atom. The van der Waals surface area contributed by atoms with Gasteiger partial charge in [0.1, 0.15) is 6.54 Å². The van der Waals surface area contributed by atoms with E-state index in [1.54, 1.807) is 24.3 Å². The van der Waals surface area contributed by atoms with E-state index in [4.69, 9.17) is 16.3 Å². The molecule has 2 rings (SSSR count). The highest BCUT2D eigenvalue weighted by atomic mass is 35.5. The number of hydrogen-bond donors (Lipinski definition) is 2. The number of anilines is 1. The summed E-state index contributed by atoms with van der Waals surface area (Å²) in [5.41, 5.74) is 1.35. The van der Waals surface area contributed by atoms with Gasteiger partial charge in [-0.15, -0.1) is 0 Å². The van der Waals surface area contributed by atoms with E-state index in [1.165, 1.54) is 0 Å². The average Bonchev–Trinajstić information content (AvgIpc) is 2.59. The zero-order chi connectivity index (χ0) is 18.1. The molecule has 0 spiro atoms. The van der Waals surface area contributed by atoms with Crippen LogP contribution in [0.5, 0.6) is 0 Å². The van der Waals surface area contributed by atoms with E-state index in [1.807, 2.05) is 30.3 Å². The molecule has 2 N–H and O–H groups in total. The number of hydrogen-bond acceptors (Lipinski definition) is 4. The molecule has 0 aliphatic heterocycles. The van der Waals surface area contributed by atoms with Crippen molar-refractivity contribution >= 4 is 35.1 Å². The van der Waals surface area contributed by atoms with Crippen molar-refractivity contribution in [2.45, 2.75) is 6.42 Å². The minimum Gasteiger partial charge on any atom is -0.454 e. The molecule has 25 heavy (non-hydrogen) atoms. The first-order valence-corrected chi connectivity index (χ1v) is 7.92. The molecule has 0 aliphatic rings. The molecule has 2 amide bonds. The first-order valence-electron chi connectivity index (χ1n) is 7.54. The predicted octanol–water partition coefficient (Wildman–Crippen LogP) is 2.18.